The van der Waals surface area contributed by atoms with E-state index in [0.717, 1.165) is 39.0 Å². The van der Waals surface area contributed by atoms with Gasteiger partial charge in [-0.15, -0.1) is 0 Å². The molecule has 5 heteroatoms. The van der Waals surface area contributed by atoms with E-state index in [1.807, 2.05) is 0 Å². The molecule has 3 saturated carbocycles. The average Bonchev–Trinajstić information content (AvgIpc) is 3.36. The molecule has 1 saturated heterocycles. The third-order valence-electron chi connectivity index (χ3n) is 6.94. The van der Waals surface area contributed by atoms with Crippen LogP contribution in [0.15, 0.2) is 0 Å². The van der Waals surface area contributed by atoms with Crippen molar-refractivity contribution in [3.8, 4) is 0 Å². The van der Waals surface area contributed by atoms with Crippen LogP contribution in [-0.2, 0) is 9.59 Å². The van der Waals surface area contributed by atoms with Gasteiger partial charge in [0.05, 0.1) is 6.54 Å². The topological polar surface area (TPSA) is 43.9 Å². The first-order chi connectivity index (χ1) is 12.7. The van der Waals surface area contributed by atoms with Crippen molar-refractivity contribution < 1.29 is 9.59 Å². The van der Waals surface area contributed by atoms with E-state index in [0.29, 0.717) is 30.4 Å². The molecule has 3 aliphatic carbocycles. The highest BCUT2D eigenvalue weighted by Crippen LogP contribution is 2.34. The van der Waals surface area contributed by atoms with Crippen molar-refractivity contribution in [1.82, 2.24) is 14.7 Å². The number of hydrogen-bond acceptors (Lipinski definition) is 3. The molecule has 4 fully saturated rings. The number of rotatable bonds is 5. The third kappa shape index (κ3) is 4.24. The summed E-state index contributed by atoms with van der Waals surface area (Å²) in [6.07, 6.45) is 13.2. The van der Waals surface area contributed by atoms with Crippen molar-refractivity contribution in [3.05, 3.63) is 0 Å². The Morgan fingerprint density at radius 1 is 0.731 bits per heavy atom. The summed E-state index contributed by atoms with van der Waals surface area (Å²) in [7, 11) is 0. The molecule has 2 amide bonds. The predicted octanol–water partition coefficient (Wildman–Crippen LogP) is 2.64. The van der Waals surface area contributed by atoms with Crippen molar-refractivity contribution in [2.24, 2.45) is 5.92 Å². The standard InChI is InChI=1S/C21H35N3O2/c25-20(24(19-10-11-19)18-8-4-5-9-18)16-22-12-14-23(15-13-22)21(26)17-6-2-1-3-7-17/h17-19H,1-16H2. The van der Waals surface area contributed by atoms with Crippen LogP contribution in [-0.4, -0.2) is 71.3 Å². The summed E-state index contributed by atoms with van der Waals surface area (Å²) in [5, 5.41) is 0. The number of carbonyl (C=O) groups excluding carboxylic acids is 2. The van der Waals surface area contributed by atoms with Crippen LogP contribution in [0, 0.1) is 5.92 Å². The van der Waals surface area contributed by atoms with Crippen molar-refractivity contribution >= 4 is 11.8 Å². The maximum Gasteiger partial charge on any atom is 0.237 e. The molecule has 4 rings (SSSR count). The first-order valence-electron chi connectivity index (χ1n) is 11.0. The lowest BCUT2D eigenvalue weighted by Crippen LogP contribution is -2.53. The van der Waals surface area contributed by atoms with Gasteiger partial charge in [-0.25, -0.2) is 0 Å². The number of nitrogens with zero attached hydrogens (tertiary/aromatic N) is 3. The number of hydrogen-bond donors (Lipinski definition) is 0. The third-order valence-corrected chi connectivity index (χ3v) is 6.94. The summed E-state index contributed by atoms with van der Waals surface area (Å²) in [6.45, 7) is 3.87. The Labute approximate surface area is 158 Å². The van der Waals surface area contributed by atoms with E-state index in [-0.39, 0.29) is 5.92 Å². The van der Waals surface area contributed by atoms with Crippen LogP contribution >= 0.6 is 0 Å². The molecule has 0 atom stereocenters. The fourth-order valence-corrected chi connectivity index (χ4v) is 5.25. The van der Waals surface area contributed by atoms with Crippen LogP contribution in [0.25, 0.3) is 0 Å². The molecule has 1 heterocycles. The fraction of sp³-hybridized carbons (Fsp3) is 0.905. The zero-order valence-electron chi connectivity index (χ0n) is 16.2. The van der Waals surface area contributed by atoms with Gasteiger partial charge in [0, 0.05) is 44.2 Å². The van der Waals surface area contributed by atoms with E-state index in [2.05, 4.69) is 14.7 Å². The lowest BCUT2D eigenvalue weighted by molar-refractivity contribution is -0.139. The first-order valence-corrected chi connectivity index (χ1v) is 11.0. The normalized spacial score (nSPS) is 26.2. The van der Waals surface area contributed by atoms with Gasteiger partial charge in [0.2, 0.25) is 11.8 Å². The first kappa shape index (κ1) is 18.3. The molecule has 0 aromatic heterocycles. The quantitative estimate of drug-likeness (QED) is 0.756. The van der Waals surface area contributed by atoms with Gasteiger partial charge in [0.25, 0.3) is 0 Å². The second-order valence-corrected chi connectivity index (χ2v) is 8.91. The minimum atomic E-state index is 0.268. The second-order valence-electron chi connectivity index (χ2n) is 8.91. The van der Waals surface area contributed by atoms with Gasteiger partial charge in [0.1, 0.15) is 0 Å². The minimum Gasteiger partial charge on any atom is -0.340 e. The van der Waals surface area contributed by atoms with Gasteiger partial charge in [-0.2, -0.15) is 0 Å². The SMILES string of the molecule is O=C(C1CCCCC1)N1CCN(CC(=O)N(C2CCCC2)C2CC2)CC1. The summed E-state index contributed by atoms with van der Waals surface area (Å²) < 4.78 is 0. The van der Waals surface area contributed by atoms with Gasteiger partial charge in [-0.1, -0.05) is 32.1 Å². The molecule has 0 spiro atoms. The van der Waals surface area contributed by atoms with Crippen LogP contribution < -0.4 is 0 Å². The van der Waals surface area contributed by atoms with E-state index in [1.54, 1.807) is 0 Å². The molecule has 0 unspecified atom stereocenters. The van der Waals surface area contributed by atoms with Crippen molar-refractivity contribution in [2.75, 3.05) is 32.7 Å². The van der Waals surface area contributed by atoms with E-state index in [4.69, 9.17) is 0 Å². The number of carbonyl (C=O) groups is 2. The van der Waals surface area contributed by atoms with Crippen LogP contribution in [0.2, 0.25) is 0 Å². The Hall–Kier alpha value is -1.10. The summed E-state index contributed by atoms with van der Waals surface area (Å²) in [4.78, 5) is 32.2. The van der Waals surface area contributed by atoms with Crippen LogP contribution in [0.5, 0.6) is 0 Å². The highest BCUT2D eigenvalue weighted by molar-refractivity contribution is 5.80. The Bertz CT molecular complexity index is 499. The van der Waals surface area contributed by atoms with E-state index in [9.17, 15) is 9.59 Å². The molecule has 5 nitrogen and oxygen atoms in total. The zero-order chi connectivity index (χ0) is 17.9. The molecule has 0 N–H and O–H groups in total. The summed E-state index contributed by atoms with van der Waals surface area (Å²) in [5.74, 6) is 0.984. The van der Waals surface area contributed by atoms with E-state index in [1.165, 1.54) is 57.8 Å². The average molecular weight is 362 g/mol. The van der Waals surface area contributed by atoms with E-state index < -0.39 is 0 Å². The van der Waals surface area contributed by atoms with Crippen molar-refractivity contribution in [1.29, 1.82) is 0 Å². The summed E-state index contributed by atoms with van der Waals surface area (Å²) in [5.41, 5.74) is 0. The van der Waals surface area contributed by atoms with Gasteiger partial charge in [-0.3, -0.25) is 14.5 Å². The van der Waals surface area contributed by atoms with Gasteiger partial charge in [-0.05, 0) is 38.5 Å². The molecule has 1 aliphatic heterocycles. The molecule has 0 radical (unpaired) electrons. The summed E-state index contributed by atoms with van der Waals surface area (Å²) in [6, 6.07) is 1.03. The largest absolute Gasteiger partial charge is 0.340 e. The van der Waals surface area contributed by atoms with Crippen LogP contribution in [0.1, 0.15) is 70.6 Å². The zero-order valence-corrected chi connectivity index (χ0v) is 16.2. The van der Waals surface area contributed by atoms with Crippen LogP contribution in [0.3, 0.4) is 0 Å². The van der Waals surface area contributed by atoms with Crippen LogP contribution in [0.4, 0.5) is 0 Å². The monoisotopic (exact) mass is 361 g/mol. The number of piperazine rings is 1. The Morgan fingerprint density at radius 3 is 1.92 bits per heavy atom. The Morgan fingerprint density at radius 2 is 1.31 bits per heavy atom. The van der Waals surface area contributed by atoms with E-state index >= 15 is 0 Å². The molecule has 4 aliphatic rings. The Balaban J connectivity index is 1.25. The van der Waals surface area contributed by atoms with Gasteiger partial charge >= 0.3 is 0 Å². The lowest BCUT2D eigenvalue weighted by atomic mass is 9.88. The smallest absolute Gasteiger partial charge is 0.237 e. The second kappa shape index (κ2) is 8.28. The highest BCUT2D eigenvalue weighted by atomic mass is 16.2. The highest BCUT2D eigenvalue weighted by Gasteiger charge is 2.39. The number of amides is 2. The summed E-state index contributed by atoms with van der Waals surface area (Å²) >= 11 is 0. The molecule has 26 heavy (non-hydrogen) atoms. The van der Waals surface area contributed by atoms with Gasteiger partial charge < -0.3 is 9.80 Å². The molecular formula is C21H35N3O2. The lowest BCUT2D eigenvalue weighted by Gasteiger charge is -2.38. The predicted molar refractivity (Wildman–Crippen MR) is 102 cm³/mol. The molecule has 0 aromatic carbocycles. The van der Waals surface area contributed by atoms with Crippen molar-refractivity contribution in [2.45, 2.75) is 82.7 Å². The maximum atomic E-state index is 12.9. The van der Waals surface area contributed by atoms with Crippen molar-refractivity contribution in [3.63, 3.8) is 0 Å². The Kier molecular flexibility index (Phi) is 5.82. The fourth-order valence-electron chi connectivity index (χ4n) is 5.25. The molecule has 0 bridgehead atoms. The molecule has 146 valence electrons. The minimum absolute atomic E-state index is 0.268. The molecular weight excluding hydrogens is 326 g/mol. The maximum absolute atomic E-state index is 12.9. The molecule has 0 aromatic rings. The van der Waals surface area contributed by atoms with Gasteiger partial charge in [0.15, 0.2) is 0 Å².